The number of para-hydroxylation sites is 1. The third kappa shape index (κ3) is 3.78. The number of carbonyl (C=O) groups excluding carboxylic acids is 2. The average molecular weight is 329 g/mol. The predicted octanol–water partition coefficient (Wildman–Crippen LogP) is 3.73. The lowest BCUT2D eigenvalue weighted by molar-refractivity contribution is -0.115. The monoisotopic (exact) mass is 329 g/mol. The van der Waals surface area contributed by atoms with E-state index >= 15 is 0 Å². The first kappa shape index (κ1) is 15.3. The number of nitrogens with one attached hydrogen (secondary N) is 1. The predicted molar refractivity (Wildman–Crippen MR) is 86.3 cm³/mol. The molecule has 0 bridgehead atoms. The lowest BCUT2D eigenvalue weighted by Crippen LogP contribution is -2.17. The van der Waals surface area contributed by atoms with Crippen molar-refractivity contribution in [2.24, 2.45) is 0 Å². The number of carbonyl (C=O) groups is 2. The van der Waals surface area contributed by atoms with Crippen LogP contribution in [-0.2, 0) is 11.4 Å². The molecule has 1 N–H and O–H groups in total. The maximum atomic E-state index is 12.9. The molecule has 1 aliphatic heterocycles. The van der Waals surface area contributed by atoms with Gasteiger partial charge >= 0.3 is 0 Å². The zero-order valence-corrected chi connectivity index (χ0v) is 12.7. The van der Waals surface area contributed by atoms with Gasteiger partial charge in [-0.1, -0.05) is 30.3 Å². The molecule has 2 amide bonds. The smallest absolute Gasteiger partial charge is 0.290 e. The fourth-order valence-corrected chi connectivity index (χ4v) is 2.71. The fourth-order valence-electron chi connectivity index (χ4n) is 2.04. The summed E-state index contributed by atoms with van der Waals surface area (Å²) in [6.45, 7) is 0.277. The molecule has 0 radical (unpaired) electrons. The molecule has 23 heavy (non-hydrogen) atoms. The second-order valence-corrected chi connectivity index (χ2v) is 5.82. The Kier molecular flexibility index (Phi) is 4.43. The van der Waals surface area contributed by atoms with Crippen LogP contribution in [0.1, 0.15) is 11.1 Å². The molecular weight excluding hydrogens is 317 g/mol. The van der Waals surface area contributed by atoms with Crippen molar-refractivity contribution in [3.8, 4) is 5.75 Å². The van der Waals surface area contributed by atoms with E-state index in [-0.39, 0.29) is 17.7 Å². The van der Waals surface area contributed by atoms with Crippen LogP contribution in [0.2, 0.25) is 0 Å². The molecule has 1 fully saturated rings. The van der Waals surface area contributed by atoms with Gasteiger partial charge in [-0.25, -0.2) is 4.39 Å². The second kappa shape index (κ2) is 6.66. The normalized spacial score (nSPS) is 15.8. The minimum absolute atomic E-state index is 0.277. The first-order chi connectivity index (χ1) is 11.1. The van der Waals surface area contributed by atoms with Crippen LogP contribution in [0.15, 0.2) is 53.4 Å². The Bertz CT molecular complexity index is 787. The highest BCUT2D eigenvalue weighted by atomic mass is 32.2. The van der Waals surface area contributed by atoms with Crippen LogP contribution in [0, 0.1) is 5.82 Å². The third-order valence-electron chi connectivity index (χ3n) is 3.16. The Morgan fingerprint density at radius 2 is 1.83 bits per heavy atom. The fraction of sp³-hybridized carbons (Fsp3) is 0.0588. The van der Waals surface area contributed by atoms with Gasteiger partial charge in [-0.3, -0.25) is 14.9 Å². The molecule has 6 heteroatoms. The molecule has 2 aromatic rings. The molecule has 0 atom stereocenters. The van der Waals surface area contributed by atoms with Gasteiger partial charge in [0.2, 0.25) is 0 Å². The summed E-state index contributed by atoms with van der Waals surface area (Å²) in [5.41, 5.74) is 1.53. The first-order valence-corrected chi connectivity index (χ1v) is 7.64. The van der Waals surface area contributed by atoms with E-state index < -0.39 is 5.91 Å². The van der Waals surface area contributed by atoms with E-state index in [2.05, 4.69) is 5.32 Å². The largest absolute Gasteiger partial charge is 0.488 e. The van der Waals surface area contributed by atoms with Crippen LogP contribution < -0.4 is 10.1 Å². The number of ether oxygens (including phenoxy) is 1. The third-order valence-corrected chi connectivity index (χ3v) is 3.97. The van der Waals surface area contributed by atoms with Gasteiger partial charge in [0.1, 0.15) is 18.2 Å². The van der Waals surface area contributed by atoms with Crippen molar-refractivity contribution in [1.29, 1.82) is 0 Å². The molecule has 4 nitrogen and oxygen atoms in total. The summed E-state index contributed by atoms with van der Waals surface area (Å²) in [5, 5.41) is 1.83. The zero-order chi connectivity index (χ0) is 16.2. The van der Waals surface area contributed by atoms with E-state index in [0.29, 0.717) is 16.2 Å². The van der Waals surface area contributed by atoms with E-state index in [4.69, 9.17) is 4.74 Å². The Balaban J connectivity index is 1.78. The molecule has 0 aliphatic carbocycles. The Morgan fingerprint density at radius 1 is 1.09 bits per heavy atom. The van der Waals surface area contributed by atoms with Crippen LogP contribution in [0.3, 0.4) is 0 Å². The van der Waals surface area contributed by atoms with Crippen LogP contribution in [-0.4, -0.2) is 11.1 Å². The average Bonchev–Trinajstić information content (AvgIpc) is 2.86. The van der Waals surface area contributed by atoms with Crippen molar-refractivity contribution in [3.63, 3.8) is 0 Å². The van der Waals surface area contributed by atoms with Crippen LogP contribution in [0.5, 0.6) is 5.75 Å². The van der Waals surface area contributed by atoms with Crippen molar-refractivity contribution in [1.82, 2.24) is 5.32 Å². The minimum atomic E-state index is -0.409. The number of amides is 2. The molecule has 0 saturated carbocycles. The standard InChI is InChI=1S/C17H12FNO3S/c18-13-7-5-11(6-8-13)10-22-14-4-2-1-3-12(14)9-15-16(20)19-17(21)23-15/h1-9H,10H2,(H,19,20,21)/b15-9+. The molecule has 1 aliphatic rings. The summed E-state index contributed by atoms with van der Waals surface area (Å²) < 4.78 is 18.6. The summed E-state index contributed by atoms with van der Waals surface area (Å²) in [6, 6.07) is 13.2. The highest BCUT2D eigenvalue weighted by Crippen LogP contribution is 2.29. The minimum Gasteiger partial charge on any atom is -0.488 e. The van der Waals surface area contributed by atoms with Gasteiger partial charge in [0.15, 0.2) is 0 Å². The van der Waals surface area contributed by atoms with E-state index in [9.17, 15) is 14.0 Å². The molecule has 3 rings (SSSR count). The maximum absolute atomic E-state index is 12.9. The van der Waals surface area contributed by atoms with Gasteiger partial charge < -0.3 is 4.74 Å². The summed E-state index contributed by atoms with van der Waals surface area (Å²) in [7, 11) is 0. The van der Waals surface area contributed by atoms with E-state index in [1.165, 1.54) is 12.1 Å². The highest BCUT2D eigenvalue weighted by Gasteiger charge is 2.25. The topological polar surface area (TPSA) is 55.4 Å². The Labute approximate surface area is 136 Å². The molecule has 0 spiro atoms. The number of halogens is 1. The summed E-state index contributed by atoms with van der Waals surface area (Å²) >= 11 is 0.858. The van der Waals surface area contributed by atoms with E-state index in [0.717, 1.165) is 17.3 Å². The van der Waals surface area contributed by atoms with Crippen molar-refractivity contribution in [3.05, 3.63) is 70.4 Å². The van der Waals surface area contributed by atoms with Gasteiger partial charge in [-0.05, 0) is 41.6 Å². The van der Waals surface area contributed by atoms with Gasteiger partial charge in [-0.15, -0.1) is 0 Å². The zero-order valence-electron chi connectivity index (χ0n) is 11.9. The van der Waals surface area contributed by atoms with Crippen LogP contribution in [0.4, 0.5) is 9.18 Å². The SMILES string of the molecule is O=C1NC(=O)/C(=C\c2ccccc2OCc2ccc(F)cc2)S1. The lowest BCUT2D eigenvalue weighted by atomic mass is 10.2. The number of hydrogen-bond donors (Lipinski definition) is 1. The first-order valence-electron chi connectivity index (χ1n) is 6.83. The van der Waals surface area contributed by atoms with Crippen molar-refractivity contribution in [2.75, 3.05) is 0 Å². The van der Waals surface area contributed by atoms with Crippen molar-refractivity contribution < 1.29 is 18.7 Å². The number of benzene rings is 2. The Hall–Kier alpha value is -2.60. The van der Waals surface area contributed by atoms with Crippen LogP contribution in [0.25, 0.3) is 6.08 Å². The van der Waals surface area contributed by atoms with E-state index in [1.54, 1.807) is 30.3 Å². The number of rotatable bonds is 4. The molecule has 116 valence electrons. The van der Waals surface area contributed by atoms with Crippen LogP contribution >= 0.6 is 11.8 Å². The van der Waals surface area contributed by atoms with Gasteiger partial charge in [0.05, 0.1) is 4.91 Å². The van der Waals surface area contributed by atoms with E-state index in [1.807, 2.05) is 12.1 Å². The summed E-state index contributed by atoms with van der Waals surface area (Å²) in [4.78, 5) is 23.1. The Morgan fingerprint density at radius 3 is 2.52 bits per heavy atom. The molecular formula is C17H12FNO3S. The molecule has 0 aromatic heterocycles. The maximum Gasteiger partial charge on any atom is 0.290 e. The van der Waals surface area contributed by atoms with Crippen molar-refractivity contribution in [2.45, 2.75) is 6.61 Å². The molecule has 2 aromatic carbocycles. The second-order valence-electron chi connectivity index (χ2n) is 4.81. The van der Waals surface area contributed by atoms with Crippen molar-refractivity contribution >= 4 is 29.0 Å². The number of thioether (sulfide) groups is 1. The molecule has 1 saturated heterocycles. The number of hydrogen-bond acceptors (Lipinski definition) is 4. The van der Waals surface area contributed by atoms with Gasteiger partial charge in [-0.2, -0.15) is 0 Å². The molecule has 0 unspecified atom stereocenters. The molecule has 1 heterocycles. The van der Waals surface area contributed by atoms with Gasteiger partial charge in [0, 0.05) is 5.56 Å². The number of imide groups is 1. The summed E-state index contributed by atoms with van der Waals surface area (Å²) in [5.74, 6) is -0.127. The summed E-state index contributed by atoms with van der Waals surface area (Å²) in [6.07, 6.45) is 1.62. The van der Waals surface area contributed by atoms with Gasteiger partial charge in [0.25, 0.3) is 11.1 Å². The quantitative estimate of drug-likeness (QED) is 0.869. The lowest BCUT2D eigenvalue weighted by Gasteiger charge is -2.09. The highest BCUT2D eigenvalue weighted by molar-refractivity contribution is 8.18.